The van der Waals surface area contributed by atoms with Crippen LogP contribution in [0.2, 0.25) is 0 Å². The SMILES string of the molecule is CC(C)CCC/C=C/C=C/C(=O)NC(C(=O)NC1CC(O)CCNC(=O)/C=C/C(C)NC1=O)C(C)O. The van der Waals surface area contributed by atoms with Crippen molar-refractivity contribution in [3.63, 3.8) is 0 Å². The Kier molecular flexibility index (Phi) is 14.4. The van der Waals surface area contributed by atoms with Gasteiger partial charge in [0.25, 0.3) is 0 Å². The van der Waals surface area contributed by atoms with Gasteiger partial charge in [-0.3, -0.25) is 19.2 Å². The first kappa shape index (κ1) is 31.1. The standard InChI is InChI=1S/C26H42N4O6/c1-17(2)10-8-6-5-7-9-11-23(34)30-24(19(4)31)26(36)29-21-16-20(32)14-15-27-22(33)13-12-18(3)28-25(21)35/h5,7,9,11-13,17-21,24,31-32H,6,8,10,14-16H2,1-4H3,(H,27,33)(H,28,35)(H,29,36)(H,30,34)/b7-5+,11-9+,13-12+. The molecular weight excluding hydrogens is 464 g/mol. The van der Waals surface area contributed by atoms with Crippen LogP contribution in [0.5, 0.6) is 0 Å². The molecule has 0 spiro atoms. The smallest absolute Gasteiger partial charge is 0.245 e. The summed E-state index contributed by atoms with van der Waals surface area (Å²) in [6.07, 6.45) is 10.3. The Morgan fingerprint density at radius 3 is 2.61 bits per heavy atom. The van der Waals surface area contributed by atoms with Gasteiger partial charge in [-0.15, -0.1) is 0 Å². The van der Waals surface area contributed by atoms with Crippen LogP contribution in [-0.2, 0) is 19.2 Å². The molecule has 0 fully saturated rings. The molecule has 0 aromatic heterocycles. The molecule has 0 radical (unpaired) electrons. The monoisotopic (exact) mass is 506 g/mol. The summed E-state index contributed by atoms with van der Waals surface area (Å²) in [5.41, 5.74) is 0. The van der Waals surface area contributed by atoms with E-state index in [1.807, 2.05) is 6.08 Å². The van der Waals surface area contributed by atoms with Gasteiger partial charge in [-0.25, -0.2) is 0 Å². The van der Waals surface area contributed by atoms with Crippen LogP contribution in [0.15, 0.2) is 36.5 Å². The Morgan fingerprint density at radius 2 is 1.94 bits per heavy atom. The highest BCUT2D eigenvalue weighted by Crippen LogP contribution is 2.07. The third-order valence-corrected chi connectivity index (χ3v) is 5.53. The summed E-state index contributed by atoms with van der Waals surface area (Å²) in [7, 11) is 0. The van der Waals surface area contributed by atoms with Gasteiger partial charge < -0.3 is 31.5 Å². The molecular formula is C26H42N4O6. The van der Waals surface area contributed by atoms with E-state index in [1.54, 1.807) is 19.1 Å². The van der Waals surface area contributed by atoms with Crippen molar-refractivity contribution in [2.45, 2.75) is 90.1 Å². The number of aliphatic hydroxyl groups is 2. The van der Waals surface area contributed by atoms with Gasteiger partial charge in [-0.2, -0.15) is 0 Å². The molecule has 10 heteroatoms. The number of aliphatic hydroxyl groups excluding tert-OH is 2. The number of carbonyl (C=O) groups excluding carboxylic acids is 4. The number of nitrogens with one attached hydrogen (secondary N) is 4. The quantitative estimate of drug-likeness (QED) is 0.145. The second-order valence-corrected chi connectivity index (χ2v) is 9.53. The molecule has 4 amide bonds. The molecule has 10 nitrogen and oxygen atoms in total. The zero-order valence-corrected chi connectivity index (χ0v) is 21.7. The van der Waals surface area contributed by atoms with Crippen LogP contribution in [0.25, 0.3) is 0 Å². The van der Waals surface area contributed by atoms with E-state index in [0.717, 1.165) is 19.3 Å². The van der Waals surface area contributed by atoms with Gasteiger partial charge in [-0.05, 0) is 39.0 Å². The van der Waals surface area contributed by atoms with E-state index >= 15 is 0 Å². The molecule has 0 aliphatic carbocycles. The number of amides is 4. The third-order valence-electron chi connectivity index (χ3n) is 5.53. The first-order valence-corrected chi connectivity index (χ1v) is 12.6. The first-order valence-electron chi connectivity index (χ1n) is 12.6. The number of hydrogen-bond donors (Lipinski definition) is 6. The van der Waals surface area contributed by atoms with Gasteiger partial charge in [-0.1, -0.05) is 44.6 Å². The van der Waals surface area contributed by atoms with Crippen molar-refractivity contribution in [3.8, 4) is 0 Å². The van der Waals surface area contributed by atoms with Gasteiger partial charge in [0.1, 0.15) is 12.1 Å². The summed E-state index contributed by atoms with van der Waals surface area (Å²) in [5.74, 6) is -1.57. The van der Waals surface area contributed by atoms with Crippen LogP contribution in [-0.4, -0.2) is 70.7 Å². The fourth-order valence-corrected chi connectivity index (χ4v) is 3.48. The molecule has 0 saturated heterocycles. The number of allylic oxidation sites excluding steroid dienone is 3. The Hall–Kier alpha value is -2.98. The van der Waals surface area contributed by atoms with Gasteiger partial charge >= 0.3 is 0 Å². The summed E-state index contributed by atoms with van der Waals surface area (Å²) >= 11 is 0. The van der Waals surface area contributed by atoms with Crippen molar-refractivity contribution >= 4 is 23.6 Å². The highest BCUT2D eigenvalue weighted by Gasteiger charge is 2.31. The molecule has 0 aromatic rings. The lowest BCUT2D eigenvalue weighted by Crippen LogP contribution is -2.58. The van der Waals surface area contributed by atoms with Crippen molar-refractivity contribution in [1.29, 1.82) is 0 Å². The average molecular weight is 507 g/mol. The number of rotatable bonds is 10. The molecule has 0 saturated carbocycles. The number of hydrogen-bond acceptors (Lipinski definition) is 6. The summed E-state index contributed by atoms with van der Waals surface area (Å²) in [5, 5.41) is 30.7. The topological polar surface area (TPSA) is 157 Å². The molecule has 5 atom stereocenters. The third kappa shape index (κ3) is 13.2. The van der Waals surface area contributed by atoms with Crippen LogP contribution in [0.4, 0.5) is 0 Å². The highest BCUT2D eigenvalue weighted by molar-refractivity contribution is 5.95. The molecule has 6 N–H and O–H groups in total. The van der Waals surface area contributed by atoms with E-state index < -0.39 is 48.1 Å². The summed E-state index contributed by atoms with van der Waals surface area (Å²) < 4.78 is 0. The minimum Gasteiger partial charge on any atom is -0.393 e. The van der Waals surface area contributed by atoms with Crippen LogP contribution in [0.1, 0.15) is 59.8 Å². The predicted molar refractivity (Wildman–Crippen MR) is 138 cm³/mol. The summed E-state index contributed by atoms with van der Waals surface area (Å²) in [6.45, 7) is 7.54. The Labute approximate surface area is 213 Å². The number of unbranched alkanes of at least 4 members (excludes halogenated alkanes) is 1. The minimum absolute atomic E-state index is 0.105. The minimum atomic E-state index is -1.31. The Bertz CT molecular complexity index is 821. The maximum absolute atomic E-state index is 12.9. The van der Waals surface area contributed by atoms with Crippen molar-refractivity contribution in [2.24, 2.45) is 5.92 Å². The lowest BCUT2D eigenvalue weighted by Gasteiger charge is -2.26. The van der Waals surface area contributed by atoms with Gasteiger partial charge in [0, 0.05) is 31.2 Å². The fraction of sp³-hybridized carbons (Fsp3) is 0.615. The predicted octanol–water partition coefficient (Wildman–Crippen LogP) is 0.607. The van der Waals surface area contributed by atoms with Crippen LogP contribution < -0.4 is 21.3 Å². The van der Waals surface area contributed by atoms with E-state index in [9.17, 15) is 29.4 Å². The van der Waals surface area contributed by atoms with Crippen LogP contribution in [0.3, 0.4) is 0 Å². The Balaban J connectivity index is 2.79. The molecule has 1 rings (SSSR count). The Morgan fingerprint density at radius 1 is 1.22 bits per heavy atom. The lowest BCUT2D eigenvalue weighted by molar-refractivity contribution is -0.134. The lowest BCUT2D eigenvalue weighted by atomic mass is 10.0. The zero-order chi connectivity index (χ0) is 27.1. The highest BCUT2D eigenvalue weighted by atomic mass is 16.3. The molecule has 202 valence electrons. The second kappa shape index (κ2) is 16.6. The van der Waals surface area contributed by atoms with Crippen molar-refractivity contribution in [3.05, 3.63) is 36.5 Å². The molecule has 1 aliphatic rings. The van der Waals surface area contributed by atoms with E-state index in [4.69, 9.17) is 0 Å². The van der Waals surface area contributed by atoms with Gasteiger partial charge in [0.15, 0.2) is 0 Å². The maximum atomic E-state index is 12.9. The van der Waals surface area contributed by atoms with Crippen molar-refractivity contribution in [1.82, 2.24) is 21.3 Å². The molecule has 1 heterocycles. The van der Waals surface area contributed by atoms with Crippen molar-refractivity contribution in [2.75, 3.05) is 6.54 Å². The normalized spacial score (nSPS) is 24.4. The number of carbonyl (C=O) groups is 4. The zero-order valence-electron chi connectivity index (χ0n) is 21.7. The molecule has 0 aromatic carbocycles. The fourth-order valence-electron chi connectivity index (χ4n) is 3.48. The van der Waals surface area contributed by atoms with E-state index in [0.29, 0.717) is 5.92 Å². The van der Waals surface area contributed by atoms with Gasteiger partial charge in [0.05, 0.1) is 12.2 Å². The molecule has 1 aliphatic heterocycles. The first-order chi connectivity index (χ1) is 17.0. The summed E-state index contributed by atoms with van der Waals surface area (Å²) in [6, 6.07) is -2.92. The van der Waals surface area contributed by atoms with E-state index in [1.165, 1.54) is 25.2 Å². The van der Waals surface area contributed by atoms with Gasteiger partial charge in [0.2, 0.25) is 23.6 Å². The van der Waals surface area contributed by atoms with Crippen molar-refractivity contribution < 1.29 is 29.4 Å². The van der Waals surface area contributed by atoms with E-state index in [-0.39, 0.29) is 25.3 Å². The molecule has 0 bridgehead atoms. The summed E-state index contributed by atoms with van der Waals surface area (Å²) in [4.78, 5) is 49.6. The molecule has 36 heavy (non-hydrogen) atoms. The maximum Gasteiger partial charge on any atom is 0.245 e. The molecule has 5 unspecified atom stereocenters. The van der Waals surface area contributed by atoms with Crippen LogP contribution in [0, 0.1) is 5.92 Å². The largest absolute Gasteiger partial charge is 0.393 e. The average Bonchev–Trinajstić information content (AvgIpc) is 2.79. The second-order valence-electron chi connectivity index (χ2n) is 9.53. The van der Waals surface area contributed by atoms with Crippen LogP contribution >= 0.6 is 0 Å². The van der Waals surface area contributed by atoms with E-state index in [2.05, 4.69) is 35.1 Å².